The van der Waals surface area contributed by atoms with Crippen LogP contribution in [0.2, 0.25) is 0 Å². The topological polar surface area (TPSA) is 71.5 Å². The van der Waals surface area contributed by atoms with Gasteiger partial charge in [0.2, 0.25) is 0 Å². The molecule has 0 bridgehead atoms. The summed E-state index contributed by atoms with van der Waals surface area (Å²) >= 11 is 1.21. The van der Waals surface area contributed by atoms with Crippen LogP contribution in [0.25, 0.3) is 0 Å². The van der Waals surface area contributed by atoms with Crippen molar-refractivity contribution in [3.63, 3.8) is 0 Å². The highest BCUT2D eigenvalue weighted by molar-refractivity contribution is 7.92. The predicted molar refractivity (Wildman–Crippen MR) is 89.8 cm³/mol. The average molecular weight is 372 g/mol. The molecule has 1 aromatic heterocycles. The van der Waals surface area contributed by atoms with Gasteiger partial charge in [-0.2, -0.15) is 4.31 Å². The van der Waals surface area contributed by atoms with Crippen molar-refractivity contribution in [2.45, 2.75) is 27.7 Å². The van der Waals surface area contributed by atoms with Crippen molar-refractivity contribution in [2.75, 3.05) is 13.1 Å². The lowest BCUT2D eigenvalue weighted by Crippen LogP contribution is -2.31. The van der Waals surface area contributed by atoms with Crippen LogP contribution in [0.1, 0.15) is 11.3 Å². The van der Waals surface area contributed by atoms with Crippen LogP contribution in [0.5, 0.6) is 0 Å². The number of benzene rings is 1. The minimum absolute atomic E-state index is 0.0104. The Morgan fingerprint density at radius 1 is 1.04 bits per heavy atom. The van der Waals surface area contributed by atoms with Crippen molar-refractivity contribution >= 4 is 31.2 Å². The smallest absolute Gasteiger partial charge is 0.223 e. The maximum Gasteiger partial charge on any atom is 0.252 e. The summed E-state index contributed by atoms with van der Waals surface area (Å²) in [6.07, 6.45) is 0.320. The quantitative estimate of drug-likeness (QED) is 0.827. The number of thiophene rings is 1. The summed E-state index contributed by atoms with van der Waals surface area (Å²) in [6, 6.07) is 11.5. The first kappa shape index (κ1) is 16.6. The second-order valence-electron chi connectivity index (χ2n) is 5.50. The van der Waals surface area contributed by atoms with Gasteiger partial charge in [0.1, 0.15) is 4.21 Å². The van der Waals surface area contributed by atoms with E-state index in [0.29, 0.717) is 6.42 Å². The summed E-state index contributed by atoms with van der Waals surface area (Å²) < 4.78 is 52.0. The number of rotatable bonds is 4. The number of hydrogen-bond donors (Lipinski definition) is 0. The molecular formula is C15H17NO4S3. The number of sulfone groups is 1. The molecule has 5 nitrogen and oxygen atoms in total. The minimum Gasteiger partial charge on any atom is -0.223 e. The molecule has 0 radical (unpaired) electrons. The standard InChI is InChI=1S/C15H17NO4S3/c1-12-7-8-15(21-12)23(19,20)16-10-9-14(11-16)22(17,18)13-5-3-2-4-6-13/h2-8,14H,9-11H2,1H3. The molecule has 0 spiro atoms. The Morgan fingerprint density at radius 2 is 1.74 bits per heavy atom. The van der Waals surface area contributed by atoms with Crippen molar-refractivity contribution in [3.8, 4) is 0 Å². The molecule has 0 saturated carbocycles. The minimum atomic E-state index is -3.61. The van der Waals surface area contributed by atoms with E-state index in [-0.39, 0.29) is 22.2 Å². The van der Waals surface area contributed by atoms with Gasteiger partial charge in [0.05, 0.1) is 10.1 Å². The molecule has 1 atom stereocenters. The van der Waals surface area contributed by atoms with Crippen molar-refractivity contribution < 1.29 is 16.8 Å². The fraction of sp³-hybridized carbons (Fsp3) is 0.333. The molecule has 0 amide bonds. The van der Waals surface area contributed by atoms with Crippen LogP contribution in [0, 0.1) is 6.92 Å². The first-order valence-electron chi connectivity index (χ1n) is 7.17. The second kappa shape index (κ2) is 6.01. The van der Waals surface area contributed by atoms with Crippen LogP contribution in [0.4, 0.5) is 0 Å². The van der Waals surface area contributed by atoms with Crippen LogP contribution < -0.4 is 0 Å². The largest absolute Gasteiger partial charge is 0.252 e. The van der Waals surface area contributed by atoms with Gasteiger partial charge in [-0.15, -0.1) is 11.3 Å². The number of aryl methyl sites for hydroxylation is 1. The summed E-state index contributed by atoms with van der Waals surface area (Å²) in [7, 11) is -7.12. The molecular weight excluding hydrogens is 354 g/mol. The molecule has 1 aliphatic heterocycles. The molecule has 2 aromatic rings. The van der Waals surface area contributed by atoms with Gasteiger partial charge < -0.3 is 0 Å². The Kier molecular flexibility index (Phi) is 4.35. The predicted octanol–water partition coefficient (Wildman–Crippen LogP) is 2.29. The summed E-state index contributed by atoms with van der Waals surface area (Å²) in [6.45, 7) is 2.09. The number of sulfonamides is 1. The first-order chi connectivity index (χ1) is 10.8. The van der Waals surface area contributed by atoms with Gasteiger partial charge in [-0.05, 0) is 37.6 Å². The van der Waals surface area contributed by atoms with Gasteiger partial charge in [0, 0.05) is 18.0 Å². The Labute approximate surface area is 140 Å². The van der Waals surface area contributed by atoms with Gasteiger partial charge >= 0.3 is 0 Å². The van der Waals surface area contributed by atoms with E-state index in [9.17, 15) is 16.8 Å². The molecule has 3 rings (SSSR count). The third-order valence-electron chi connectivity index (χ3n) is 3.93. The fourth-order valence-corrected chi connectivity index (χ4v) is 7.40. The highest BCUT2D eigenvalue weighted by Gasteiger charge is 2.39. The lowest BCUT2D eigenvalue weighted by Gasteiger charge is -2.15. The maximum absolute atomic E-state index is 12.6. The van der Waals surface area contributed by atoms with Crippen molar-refractivity contribution in [1.29, 1.82) is 0 Å². The summed E-state index contributed by atoms with van der Waals surface area (Å²) in [5, 5.41) is -0.694. The third kappa shape index (κ3) is 3.08. The van der Waals surface area contributed by atoms with Crippen LogP contribution in [-0.4, -0.2) is 39.5 Å². The van der Waals surface area contributed by atoms with Gasteiger partial charge in [-0.1, -0.05) is 18.2 Å². The number of nitrogens with zero attached hydrogens (tertiary/aromatic N) is 1. The van der Waals surface area contributed by atoms with Crippen LogP contribution in [0.3, 0.4) is 0 Å². The molecule has 2 heterocycles. The fourth-order valence-electron chi connectivity index (χ4n) is 2.65. The van der Waals surface area contributed by atoms with Crippen LogP contribution >= 0.6 is 11.3 Å². The molecule has 124 valence electrons. The molecule has 1 unspecified atom stereocenters. The van der Waals surface area contributed by atoms with Crippen LogP contribution in [0.15, 0.2) is 51.6 Å². The Hall–Kier alpha value is -1.22. The lowest BCUT2D eigenvalue weighted by atomic mass is 10.4. The van der Waals surface area contributed by atoms with E-state index in [0.717, 1.165) is 4.88 Å². The molecule has 1 saturated heterocycles. The highest BCUT2D eigenvalue weighted by Crippen LogP contribution is 2.30. The van der Waals surface area contributed by atoms with Crippen LogP contribution in [-0.2, 0) is 19.9 Å². The van der Waals surface area contributed by atoms with Gasteiger partial charge in [0.25, 0.3) is 10.0 Å². The van der Waals surface area contributed by atoms with E-state index >= 15 is 0 Å². The zero-order valence-corrected chi connectivity index (χ0v) is 15.0. The molecule has 1 aliphatic rings. The summed E-state index contributed by atoms with van der Waals surface area (Å²) in [4.78, 5) is 1.16. The van der Waals surface area contributed by atoms with Gasteiger partial charge in [0.15, 0.2) is 9.84 Å². The molecule has 8 heteroatoms. The normalized spacial score (nSPS) is 20.0. The number of hydrogen-bond acceptors (Lipinski definition) is 5. The zero-order chi connectivity index (χ0) is 16.7. The van der Waals surface area contributed by atoms with Crippen molar-refractivity contribution in [1.82, 2.24) is 4.31 Å². The monoisotopic (exact) mass is 371 g/mol. The van der Waals surface area contributed by atoms with E-state index in [4.69, 9.17) is 0 Å². The Morgan fingerprint density at radius 3 is 2.35 bits per heavy atom. The second-order valence-corrected chi connectivity index (χ2v) is 11.2. The summed E-state index contributed by atoms with van der Waals surface area (Å²) in [5.41, 5.74) is 0. The van der Waals surface area contributed by atoms with E-state index in [1.165, 1.54) is 15.6 Å². The average Bonchev–Trinajstić information content (AvgIpc) is 3.18. The van der Waals surface area contributed by atoms with Gasteiger partial charge in [-0.25, -0.2) is 16.8 Å². The van der Waals surface area contributed by atoms with Crippen molar-refractivity contribution in [3.05, 3.63) is 47.3 Å². The molecule has 23 heavy (non-hydrogen) atoms. The van der Waals surface area contributed by atoms with E-state index < -0.39 is 25.1 Å². The highest BCUT2D eigenvalue weighted by atomic mass is 32.2. The SMILES string of the molecule is Cc1ccc(S(=O)(=O)N2CCC(S(=O)(=O)c3ccccc3)C2)s1. The van der Waals surface area contributed by atoms with E-state index in [2.05, 4.69) is 0 Å². The molecule has 0 N–H and O–H groups in total. The zero-order valence-electron chi connectivity index (χ0n) is 12.5. The molecule has 1 fully saturated rings. The Bertz CT molecular complexity index is 901. The maximum atomic E-state index is 12.6. The van der Waals surface area contributed by atoms with E-state index in [1.54, 1.807) is 42.5 Å². The van der Waals surface area contributed by atoms with Crippen molar-refractivity contribution in [2.24, 2.45) is 0 Å². The Balaban J connectivity index is 1.84. The molecule has 0 aliphatic carbocycles. The van der Waals surface area contributed by atoms with Gasteiger partial charge in [-0.3, -0.25) is 0 Å². The third-order valence-corrected chi connectivity index (χ3v) is 9.45. The van der Waals surface area contributed by atoms with E-state index in [1.807, 2.05) is 6.92 Å². The molecule has 1 aromatic carbocycles. The first-order valence-corrected chi connectivity index (χ1v) is 11.0. The lowest BCUT2D eigenvalue weighted by molar-refractivity contribution is 0.478. The summed E-state index contributed by atoms with van der Waals surface area (Å²) in [5.74, 6) is 0.